The highest BCUT2D eigenvalue weighted by Gasteiger charge is 2.30. The Kier molecular flexibility index (Phi) is 6.38. The molecule has 2 aromatic rings. The summed E-state index contributed by atoms with van der Waals surface area (Å²) in [7, 11) is -2.42. The number of benzene rings is 2. The highest BCUT2D eigenvalue weighted by atomic mass is 32.2. The quantitative estimate of drug-likeness (QED) is 0.632. The van der Waals surface area contributed by atoms with Gasteiger partial charge < -0.3 is 14.5 Å². The molecular formula is C20H23N3O5S. The third-order valence-corrected chi connectivity index (χ3v) is 6.57. The smallest absolute Gasteiger partial charge is 0.264 e. The second-order valence-electron chi connectivity index (χ2n) is 6.54. The minimum atomic E-state index is -3.94. The van der Waals surface area contributed by atoms with Crippen LogP contribution in [-0.4, -0.2) is 70.4 Å². The van der Waals surface area contributed by atoms with Crippen LogP contribution in [0.3, 0.4) is 0 Å². The highest BCUT2D eigenvalue weighted by Crippen LogP contribution is 2.26. The Labute approximate surface area is 170 Å². The lowest BCUT2D eigenvalue weighted by Crippen LogP contribution is -2.51. The summed E-state index contributed by atoms with van der Waals surface area (Å²) in [5.74, 6) is 0.271. The van der Waals surface area contributed by atoms with Crippen molar-refractivity contribution in [1.29, 1.82) is 0 Å². The third kappa shape index (κ3) is 4.68. The molecule has 3 rings (SSSR count). The minimum Gasteiger partial charge on any atom is -0.497 e. The molecule has 0 radical (unpaired) electrons. The molecule has 0 aromatic heterocycles. The Morgan fingerprint density at radius 1 is 1.03 bits per heavy atom. The summed E-state index contributed by atoms with van der Waals surface area (Å²) < 4.78 is 32.8. The molecule has 1 aliphatic heterocycles. The van der Waals surface area contributed by atoms with Crippen LogP contribution in [0, 0.1) is 0 Å². The first-order valence-corrected chi connectivity index (χ1v) is 10.6. The van der Waals surface area contributed by atoms with Gasteiger partial charge in [-0.15, -0.1) is 0 Å². The fraction of sp³-hybridized carbons (Fsp3) is 0.300. The van der Waals surface area contributed by atoms with E-state index in [1.54, 1.807) is 52.3 Å². The first-order chi connectivity index (χ1) is 14.0. The van der Waals surface area contributed by atoms with E-state index in [-0.39, 0.29) is 17.3 Å². The van der Waals surface area contributed by atoms with Crippen molar-refractivity contribution in [2.45, 2.75) is 4.90 Å². The number of hydrogen-bond acceptors (Lipinski definition) is 5. The summed E-state index contributed by atoms with van der Waals surface area (Å²) in [6, 6.07) is 14.5. The van der Waals surface area contributed by atoms with Crippen LogP contribution in [0.2, 0.25) is 0 Å². The zero-order valence-electron chi connectivity index (χ0n) is 16.1. The first kappa shape index (κ1) is 20.7. The molecule has 29 heavy (non-hydrogen) atoms. The number of amides is 2. The molecule has 2 amide bonds. The van der Waals surface area contributed by atoms with Crippen molar-refractivity contribution in [3.8, 4) is 5.75 Å². The van der Waals surface area contributed by atoms with E-state index in [0.29, 0.717) is 37.6 Å². The van der Waals surface area contributed by atoms with Gasteiger partial charge in [0, 0.05) is 26.2 Å². The average Bonchev–Trinajstić information content (AvgIpc) is 2.78. The number of rotatable bonds is 7. The summed E-state index contributed by atoms with van der Waals surface area (Å²) in [6.07, 6.45) is 0.755. The Morgan fingerprint density at radius 3 is 2.21 bits per heavy atom. The topological polar surface area (TPSA) is 87.2 Å². The average molecular weight is 417 g/mol. The standard InChI is InChI=1S/C20H23N3O5S/c1-28-18-9-7-17(8-10-18)23(29(26,27)19-5-3-2-4-6-19)15-20(25)22-13-11-21(16-24)12-14-22/h2-10,16H,11-15H2,1H3. The van der Waals surface area contributed by atoms with E-state index in [4.69, 9.17) is 4.74 Å². The molecule has 1 saturated heterocycles. The number of methoxy groups -OCH3 is 1. The van der Waals surface area contributed by atoms with E-state index < -0.39 is 10.0 Å². The number of ether oxygens (including phenoxy) is 1. The zero-order chi connectivity index (χ0) is 20.9. The predicted molar refractivity (Wildman–Crippen MR) is 108 cm³/mol. The molecule has 1 aliphatic rings. The summed E-state index contributed by atoms with van der Waals surface area (Å²) >= 11 is 0. The lowest BCUT2D eigenvalue weighted by Gasteiger charge is -2.34. The van der Waals surface area contributed by atoms with E-state index in [1.807, 2.05) is 0 Å². The monoisotopic (exact) mass is 417 g/mol. The summed E-state index contributed by atoms with van der Waals surface area (Å²) in [5, 5.41) is 0. The van der Waals surface area contributed by atoms with Crippen LogP contribution < -0.4 is 9.04 Å². The fourth-order valence-electron chi connectivity index (χ4n) is 3.08. The molecule has 0 aliphatic carbocycles. The number of hydrogen-bond donors (Lipinski definition) is 0. The van der Waals surface area contributed by atoms with Gasteiger partial charge in [-0.1, -0.05) is 18.2 Å². The van der Waals surface area contributed by atoms with Gasteiger partial charge in [-0.2, -0.15) is 0 Å². The SMILES string of the molecule is COc1ccc(N(CC(=O)N2CCN(C=O)CC2)S(=O)(=O)c2ccccc2)cc1. The summed E-state index contributed by atoms with van der Waals surface area (Å²) in [4.78, 5) is 27.0. The van der Waals surface area contributed by atoms with Gasteiger partial charge in [0.05, 0.1) is 17.7 Å². The Balaban J connectivity index is 1.88. The molecule has 0 bridgehead atoms. The molecule has 8 nitrogen and oxygen atoms in total. The van der Waals surface area contributed by atoms with Gasteiger partial charge in [-0.25, -0.2) is 8.42 Å². The Hall–Kier alpha value is -3.07. The van der Waals surface area contributed by atoms with Gasteiger partial charge in [-0.05, 0) is 36.4 Å². The second kappa shape index (κ2) is 8.95. The van der Waals surface area contributed by atoms with Crippen molar-refractivity contribution < 1.29 is 22.7 Å². The fourth-order valence-corrected chi connectivity index (χ4v) is 4.52. The molecule has 154 valence electrons. The molecular weight excluding hydrogens is 394 g/mol. The van der Waals surface area contributed by atoms with Crippen LogP contribution in [0.25, 0.3) is 0 Å². The van der Waals surface area contributed by atoms with Crippen LogP contribution in [0.5, 0.6) is 5.75 Å². The number of nitrogens with zero attached hydrogens (tertiary/aromatic N) is 3. The number of carbonyl (C=O) groups is 2. The van der Waals surface area contributed by atoms with Crippen molar-refractivity contribution in [2.75, 3.05) is 44.1 Å². The van der Waals surface area contributed by atoms with Gasteiger partial charge in [0.25, 0.3) is 10.0 Å². The van der Waals surface area contributed by atoms with Gasteiger partial charge in [0.2, 0.25) is 12.3 Å². The molecule has 1 fully saturated rings. The second-order valence-corrected chi connectivity index (χ2v) is 8.41. The number of piperazine rings is 1. The van der Waals surface area contributed by atoms with Gasteiger partial charge in [-0.3, -0.25) is 13.9 Å². The molecule has 0 unspecified atom stereocenters. The maximum Gasteiger partial charge on any atom is 0.264 e. The lowest BCUT2D eigenvalue weighted by molar-refractivity contribution is -0.133. The van der Waals surface area contributed by atoms with Crippen LogP contribution in [0.1, 0.15) is 0 Å². The number of sulfonamides is 1. The van der Waals surface area contributed by atoms with Crippen molar-refractivity contribution in [2.24, 2.45) is 0 Å². The normalized spacial score (nSPS) is 14.4. The predicted octanol–water partition coefficient (Wildman–Crippen LogP) is 1.19. The Bertz CT molecular complexity index is 940. The van der Waals surface area contributed by atoms with Crippen LogP contribution in [0.4, 0.5) is 5.69 Å². The maximum absolute atomic E-state index is 13.3. The van der Waals surface area contributed by atoms with E-state index in [0.717, 1.165) is 10.7 Å². The minimum absolute atomic E-state index is 0.106. The van der Waals surface area contributed by atoms with Crippen LogP contribution in [0.15, 0.2) is 59.5 Å². The molecule has 9 heteroatoms. The van der Waals surface area contributed by atoms with Crippen LogP contribution in [-0.2, 0) is 19.6 Å². The maximum atomic E-state index is 13.3. The van der Waals surface area contributed by atoms with Gasteiger partial charge in [0.15, 0.2) is 0 Å². The van der Waals surface area contributed by atoms with Gasteiger partial charge >= 0.3 is 0 Å². The molecule has 2 aromatic carbocycles. The first-order valence-electron chi connectivity index (χ1n) is 9.14. The largest absolute Gasteiger partial charge is 0.497 e. The van der Waals surface area contributed by atoms with Crippen molar-refractivity contribution in [3.05, 3.63) is 54.6 Å². The lowest BCUT2D eigenvalue weighted by atomic mass is 10.3. The van der Waals surface area contributed by atoms with Gasteiger partial charge in [0.1, 0.15) is 12.3 Å². The molecule has 0 N–H and O–H groups in total. The molecule has 0 spiro atoms. The van der Waals surface area contributed by atoms with E-state index >= 15 is 0 Å². The zero-order valence-corrected chi connectivity index (χ0v) is 16.9. The van der Waals surface area contributed by atoms with Crippen LogP contribution >= 0.6 is 0 Å². The molecule has 0 atom stereocenters. The summed E-state index contributed by atoms with van der Waals surface area (Å²) in [5.41, 5.74) is 0.370. The number of carbonyl (C=O) groups excluding carboxylic acids is 2. The van der Waals surface area contributed by atoms with Crippen molar-refractivity contribution >= 4 is 28.0 Å². The van der Waals surface area contributed by atoms with E-state index in [9.17, 15) is 18.0 Å². The molecule has 1 heterocycles. The Morgan fingerprint density at radius 2 is 1.66 bits per heavy atom. The van der Waals surface area contributed by atoms with Crippen molar-refractivity contribution in [3.63, 3.8) is 0 Å². The third-order valence-electron chi connectivity index (χ3n) is 4.79. The van der Waals surface area contributed by atoms with Crippen molar-refractivity contribution in [1.82, 2.24) is 9.80 Å². The summed E-state index contributed by atoms with van der Waals surface area (Å²) in [6.45, 7) is 1.29. The molecule has 0 saturated carbocycles. The van der Waals surface area contributed by atoms with E-state index in [1.165, 1.54) is 19.2 Å². The van der Waals surface area contributed by atoms with E-state index in [2.05, 4.69) is 0 Å². The number of anilines is 1. The highest BCUT2D eigenvalue weighted by molar-refractivity contribution is 7.92.